The molecule has 1 aliphatic rings. The van der Waals surface area contributed by atoms with Crippen molar-refractivity contribution in [1.29, 1.82) is 0 Å². The highest BCUT2D eigenvalue weighted by atomic mass is 32.1. The number of rotatable bonds is 2. The number of hydrogen-bond acceptors (Lipinski definition) is 3. The van der Waals surface area contributed by atoms with Crippen LogP contribution in [0.2, 0.25) is 0 Å². The van der Waals surface area contributed by atoms with Gasteiger partial charge in [-0.3, -0.25) is 4.79 Å². The summed E-state index contributed by atoms with van der Waals surface area (Å²) >= 11 is 3.33. The Morgan fingerprint density at radius 1 is 0.938 bits per heavy atom. The van der Waals surface area contributed by atoms with E-state index in [9.17, 15) is 4.79 Å². The molecule has 1 aliphatic carbocycles. The summed E-state index contributed by atoms with van der Waals surface area (Å²) in [5.41, 5.74) is 4.48. The van der Waals surface area contributed by atoms with Crippen molar-refractivity contribution in [2.45, 2.75) is 12.8 Å². The summed E-state index contributed by atoms with van der Waals surface area (Å²) in [6.07, 6.45) is 1.55. The lowest BCUT2D eigenvalue weighted by Gasteiger charge is -2.02. The van der Waals surface area contributed by atoms with Crippen molar-refractivity contribution in [3.05, 3.63) is 44.8 Å². The maximum absolute atomic E-state index is 11.9. The van der Waals surface area contributed by atoms with E-state index in [2.05, 4.69) is 22.2 Å². The van der Waals surface area contributed by atoms with Crippen LogP contribution in [-0.4, -0.2) is 5.78 Å². The third kappa shape index (κ3) is 1.56. The topological polar surface area (TPSA) is 17.1 Å². The molecule has 80 valence electrons. The second-order valence-electron chi connectivity index (χ2n) is 3.80. The lowest BCUT2D eigenvalue weighted by molar-refractivity contribution is -0.113. The van der Waals surface area contributed by atoms with Gasteiger partial charge in [0.05, 0.1) is 0 Å². The summed E-state index contributed by atoms with van der Waals surface area (Å²) in [5.74, 6) is 0.291. The van der Waals surface area contributed by atoms with Gasteiger partial charge >= 0.3 is 0 Å². The number of thiophene rings is 2. The molecule has 0 radical (unpaired) electrons. The van der Waals surface area contributed by atoms with Gasteiger partial charge in [-0.25, -0.2) is 0 Å². The molecule has 0 N–H and O–H groups in total. The van der Waals surface area contributed by atoms with Crippen LogP contribution in [0.4, 0.5) is 0 Å². The second kappa shape index (κ2) is 4.00. The van der Waals surface area contributed by atoms with Crippen LogP contribution in [0.5, 0.6) is 0 Å². The number of ketones is 1. The van der Waals surface area contributed by atoms with Crippen LogP contribution in [0.1, 0.15) is 24.0 Å². The van der Waals surface area contributed by atoms with Crippen LogP contribution in [0.3, 0.4) is 0 Å². The Morgan fingerprint density at radius 3 is 2.25 bits per heavy atom. The molecule has 3 rings (SSSR count). The largest absolute Gasteiger partial charge is 0.294 e. The van der Waals surface area contributed by atoms with Gasteiger partial charge in [0.25, 0.3) is 0 Å². The quantitative estimate of drug-likeness (QED) is 0.780. The maximum atomic E-state index is 11.9. The van der Waals surface area contributed by atoms with E-state index in [1.54, 1.807) is 22.7 Å². The first-order valence-corrected chi connectivity index (χ1v) is 7.06. The summed E-state index contributed by atoms with van der Waals surface area (Å²) in [6, 6.07) is 4.14. The molecule has 0 atom stereocenters. The molecule has 0 unspecified atom stereocenters. The number of Topliss-reactive ketones (excluding diaryl/α,β-unsaturated/α-hetero) is 1. The monoisotopic (exact) mass is 246 g/mol. The predicted octanol–water partition coefficient (Wildman–Crippen LogP) is 4.08. The normalized spacial score (nSPS) is 16.1. The highest BCUT2D eigenvalue weighted by Crippen LogP contribution is 2.38. The highest BCUT2D eigenvalue weighted by molar-refractivity contribution is 7.08. The van der Waals surface area contributed by atoms with Crippen LogP contribution < -0.4 is 0 Å². The van der Waals surface area contributed by atoms with E-state index in [1.807, 2.05) is 11.4 Å². The summed E-state index contributed by atoms with van der Waals surface area (Å²) in [6.45, 7) is 0. The SMILES string of the molecule is O=C1CCC(c2ccsc2)=C1c1ccsc1. The molecule has 0 aliphatic heterocycles. The average Bonchev–Trinajstić information content (AvgIpc) is 2.96. The third-order valence-electron chi connectivity index (χ3n) is 2.86. The smallest absolute Gasteiger partial charge is 0.164 e. The summed E-state index contributed by atoms with van der Waals surface area (Å²) in [5, 5.41) is 8.28. The molecule has 2 heterocycles. The van der Waals surface area contributed by atoms with Crippen molar-refractivity contribution in [3.8, 4) is 0 Å². The van der Waals surface area contributed by atoms with Gasteiger partial charge in [0.1, 0.15) is 0 Å². The van der Waals surface area contributed by atoms with Gasteiger partial charge in [-0.15, -0.1) is 0 Å². The summed E-state index contributed by atoms with van der Waals surface area (Å²) in [7, 11) is 0. The fraction of sp³-hybridized carbons (Fsp3) is 0.154. The Morgan fingerprint density at radius 2 is 1.62 bits per heavy atom. The molecular weight excluding hydrogens is 236 g/mol. The first-order chi connectivity index (χ1) is 7.86. The Labute approximate surface area is 102 Å². The van der Waals surface area contributed by atoms with Crippen molar-refractivity contribution < 1.29 is 4.79 Å². The number of carbonyl (C=O) groups excluding carboxylic acids is 1. The van der Waals surface area contributed by atoms with Crippen molar-refractivity contribution in [3.63, 3.8) is 0 Å². The Kier molecular flexibility index (Phi) is 2.50. The van der Waals surface area contributed by atoms with E-state index in [1.165, 1.54) is 11.1 Å². The number of carbonyl (C=O) groups is 1. The zero-order valence-electron chi connectivity index (χ0n) is 8.60. The van der Waals surface area contributed by atoms with Gasteiger partial charge in [0.2, 0.25) is 0 Å². The Hall–Kier alpha value is -1.19. The fourth-order valence-corrected chi connectivity index (χ4v) is 3.44. The minimum Gasteiger partial charge on any atom is -0.294 e. The summed E-state index contributed by atoms with van der Waals surface area (Å²) < 4.78 is 0. The van der Waals surface area contributed by atoms with Crippen LogP contribution in [0.15, 0.2) is 33.7 Å². The van der Waals surface area contributed by atoms with E-state index in [0.29, 0.717) is 12.2 Å². The minimum atomic E-state index is 0.291. The van der Waals surface area contributed by atoms with E-state index in [-0.39, 0.29) is 0 Å². The van der Waals surface area contributed by atoms with Gasteiger partial charge in [-0.2, -0.15) is 22.7 Å². The highest BCUT2D eigenvalue weighted by Gasteiger charge is 2.25. The molecule has 0 saturated carbocycles. The molecular formula is C13H10OS2. The molecule has 0 aromatic carbocycles. The zero-order chi connectivity index (χ0) is 11.0. The molecule has 0 bridgehead atoms. The van der Waals surface area contributed by atoms with Crippen LogP contribution in [0, 0.1) is 0 Å². The molecule has 0 saturated heterocycles. The standard InChI is InChI=1S/C13H10OS2/c14-12-2-1-11(9-3-5-15-7-9)13(12)10-4-6-16-8-10/h3-8H,1-2H2. The van der Waals surface area contributed by atoms with Crippen molar-refractivity contribution in [2.24, 2.45) is 0 Å². The lowest BCUT2D eigenvalue weighted by Crippen LogP contribution is -1.93. The molecule has 2 aromatic rings. The Bertz CT molecular complexity index is 533. The maximum Gasteiger partial charge on any atom is 0.164 e. The van der Waals surface area contributed by atoms with Crippen LogP contribution in [0.25, 0.3) is 11.1 Å². The first kappa shape index (κ1) is 10.00. The molecule has 1 nitrogen and oxygen atoms in total. The average molecular weight is 246 g/mol. The van der Waals surface area contributed by atoms with Crippen molar-refractivity contribution >= 4 is 39.6 Å². The lowest BCUT2D eigenvalue weighted by atomic mass is 10.0. The molecule has 16 heavy (non-hydrogen) atoms. The van der Waals surface area contributed by atoms with Gasteiger partial charge in [0, 0.05) is 12.0 Å². The Balaban J connectivity index is 2.16. The zero-order valence-corrected chi connectivity index (χ0v) is 10.2. The van der Waals surface area contributed by atoms with Crippen LogP contribution >= 0.6 is 22.7 Å². The van der Waals surface area contributed by atoms with E-state index >= 15 is 0 Å². The number of allylic oxidation sites excluding steroid dienone is 2. The van der Waals surface area contributed by atoms with Crippen molar-refractivity contribution in [1.82, 2.24) is 0 Å². The van der Waals surface area contributed by atoms with Crippen molar-refractivity contribution in [2.75, 3.05) is 0 Å². The number of hydrogen-bond donors (Lipinski definition) is 0. The molecule has 2 aromatic heterocycles. The van der Waals surface area contributed by atoms with Gasteiger partial charge < -0.3 is 0 Å². The predicted molar refractivity (Wildman–Crippen MR) is 69.7 cm³/mol. The van der Waals surface area contributed by atoms with E-state index in [4.69, 9.17) is 0 Å². The van der Waals surface area contributed by atoms with E-state index in [0.717, 1.165) is 17.6 Å². The third-order valence-corrected chi connectivity index (χ3v) is 4.23. The molecule has 0 spiro atoms. The van der Waals surface area contributed by atoms with Gasteiger partial charge in [0.15, 0.2) is 5.78 Å². The van der Waals surface area contributed by atoms with Gasteiger partial charge in [-0.1, -0.05) is 0 Å². The first-order valence-electron chi connectivity index (χ1n) is 5.18. The van der Waals surface area contributed by atoms with Crippen LogP contribution in [-0.2, 0) is 4.79 Å². The minimum absolute atomic E-state index is 0.291. The summed E-state index contributed by atoms with van der Waals surface area (Å²) in [4.78, 5) is 11.9. The van der Waals surface area contributed by atoms with Gasteiger partial charge in [-0.05, 0) is 56.8 Å². The molecule has 3 heteroatoms. The second-order valence-corrected chi connectivity index (χ2v) is 5.36. The fourth-order valence-electron chi connectivity index (χ4n) is 2.12. The molecule has 0 amide bonds. The molecule has 0 fully saturated rings. The van der Waals surface area contributed by atoms with E-state index < -0.39 is 0 Å².